The van der Waals surface area contributed by atoms with Gasteiger partial charge in [-0.25, -0.2) is 0 Å². The molecule has 0 radical (unpaired) electrons. The van der Waals surface area contributed by atoms with Crippen LogP contribution >= 0.6 is 11.3 Å². The van der Waals surface area contributed by atoms with Crippen LogP contribution in [0.1, 0.15) is 33.8 Å². The fourth-order valence-corrected chi connectivity index (χ4v) is 2.41. The molecule has 1 aliphatic rings. The summed E-state index contributed by atoms with van der Waals surface area (Å²) < 4.78 is 0. The van der Waals surface area contributed by atoms with E-state index in [-0.39, 0.29) is 11.8 Å². The quantitative estimate of drug-likeness (QED) is 0.774. The zero-order valence-electron chi connectivity index (χ0n) is 8.32. The minimum atomic E-state index is 0.0879. The molecule has 1 fully saturated rings. The molecule has 2 N–H and O–H groups in total. The molecule has 0 bridgehead atoms. The van der Waals surface area contributed by atoms with Crippen molar-refractivity contribution in [1.29, 1.82) is 0 Å². The lowest BCUT2D eigenvalue weighted by atomic mass is 10.1. The van der Waals surface area contributed by atoms with Crippen LogP contribution in [0.3, 0.4) is 0 Å². The van der Waals surface area contributed by atoms with Crippen LogP contribution in [0, 0.1) is 12.8 Å². The normalized spacial score (nSPS) is 18.1. The van der Waals surface area contributed by atoms with Gasteiger partial charge in [0.1, 0.15) is 0 Å². The number of hydrogen-bond acceptors (Lipinski definition) is 3. The fourth-order valence-electron chi connectivity index (χ4n) is 1.59. The molecule has 1 aliphatic carbocycles. The Labute approximate surface area is 88.1 Å². The van der Waals surface area contributed by atoms with Crippen molar-refractivity contribution >= 4 is 17.1 Å². The second-order valence-electron chi connectivity index (χ2n) is 4.04. The van der Waals surface area contributed by atoms with Gasteiger partial charge in [0.05, 0.1) is 4.88 Å². The summed E-state index contributed by atoms with van der Waals surface area (Å²) in [6.07, 6.45) is 2.93. The molecule has 0 aliphatic heterocycles. The lowest BCUT2D eigenvalue weighted by Gasteiger charge is -2.07. The molecular formula is C11H15NOS. The molecule has 0 spiro atoms. The topological polar surface area (TPSA) is 43.1 Å². The molecule has 0 saturated heterocycles. The standard InChI is InChI=1S/C11H15NOS/c1-7-2-5-11(14-7)10(13)6-9(12)8-3-4-8/h2,5,8-9H,3-4,6,12H2,1H3. The molecule has 0 amide bonds. The van der Waals surface area contributed by atoms with Crippen LogP contribution in [0.5, 0.6) is 0 Å². The number of nitrogens with two attached hydrogens (primary N) is 1. The van der Waals surface area contributed by atoms with Gasteiger partial charge in [0, 0.05) is 17.3 Å². The van der Waals surface area contributed by atoms with Crippen LogP contribution in [0.25, 0.3) is 0 Å². The van der Waals surface area contributed by atoms with Crippen LogP contribution in [0.4, 0.5) is 0 Å². The highest BCUT2D eigenvalue weighted by molar-refractivity contribution is 7.14. The van der Waals surface area contributed by atoms with Gasteiger partial charge >= 0.3 is 0 Å². The molecule has 2 nitrogen and oxygen atoms in total. The van der Waals surface area contributed by atoms with Crippen LogP contribution in [0.15, 0.2) is 12.1 Å². The lowest BCUT2D eigenvalue weighted by Crippen LogP contribution is -2.25. The number of hydrogen-bond donors (Lipinski definition) is 1. The molecule has 1 heterocycles. The Morgan fingerprint density at radius 2 is 2.36 bits per heavy atom. The molecule has 2 rings (SSSR count). The molecule has 14 heavy (non-hydrogen) atoms. The summed E-state index contributed by atoms with van der Waals surface area (Å²) in [4.78, 5) is 13.8. The number of carbonyl (C=O) groups excluding carboxylic acids is 1. The van der Waals surface area contributed by atoms with E-state index in [4.69, 9.17) is 5.73 Å². The van der Waals surface area contributed by atoms with Crippen LogP contribution in [-0.2, 0) is 0 Å². The van der Waals surface area contributed by atoms with Crippen molar-refractivity contribution in [1.82, 2.24) is 0 Å². The first-order chi connectivity index (χ1) is 6.66. The molecule has 1 unspecified atom stereocenters. The Morgan fingerprint density at radius 3 is 2.86 bits per heavy atom. The SMILES string of the molecule is Cc1ccc(C(=O)CC(N)C2CC2)s1. The summed E-state index contributed by atoms with van der Waals surface area (Å²) in [6.45, 7) is 2.02. The third-order valence-electron chi connectivity index (χ3n) is 2.66. The lowest BCUT2D eigenvalue weighted by molar-refractivity contribution is 0.0975. The fraction of sp³-hybridized carbons (Fsp3) is 0.545. The van der Waals surface area contributed by atoms with Crippen molar-refractivity contribution in [2.75, 3.05) is 0 Å². The Morgan fingerprint density at radius 1 is 1.64 bits per heavy atom. The van der Waals surface area contributed by atoms with E-state index in [0.717, 1.165) is 4.88 Å². The summed E-state index contributed by atoms with van der Waals surface area (Å²) in [7, 11) is 0. The molecular weight excluding hydrogens is 194 g/mol. The predicted octanol–water partition coefficient (Wildman–Crippen LogP) is 2.37. The second kappa shape index (κ2) is 3.83. The van der Waals surface area contributed by atoms with Crippen molar-refractivity contribution in [2.24, 2.45) is 11.7 Å². The van der Waals surface area contributed by atoms with Gasteiger partial charge < -0.3 is 5.73 Å². The van der Waals surface area contributed by atoms with Crippen molar-refractivity contribution in [3.05, 3.63) is 21.9 Å². The van der Waals surface area contributed by atoms with Crippen molar-refractivity contribution < 1.29 is 4.79 Å². The maximum Gasteiger partial charge on any atom is 0.174 e. The van der Waals surface area contributed by atoms with Crippen molar-refractivity contribution in [3.8, 4) is 0 Å². The van der Waals surface area contributed by atoms with E-state index in [1.54, 1.807) is 11.3 Å². The summed E-state index contributed by atoms with van der Waals surface area (Å²) in [6, 6.07) is 3.98. The molecule has 1 saturated carbocycles. The first-order valence-electron chi connectivity index (χ1n) is 5.02. The zero-order valence-corrected chi connectivity index (χ0v) is 9.14. The van der Waals surface area contributed by atoms with E-state index in [2.05, 4.69) is 0 Å². The van der Waals surface area contributed by atoms with E-state index in [1.165, 1.54) is 17.7 Å². The van der Waals surface area contributed by atoms with Gasteiger partial charge in [-0.15, -0.1) is 11.3 Å². The highest BCUT2D eigenvalue weighted by atomic mass is 32.1. The second-order valence-corrected chi connectivity index (χ2v) is 5.33. The van der Waals surface area contributed by atoms with Gasteiger partial charge in [-0.1, -0.05) is 0 Å². The average molecular weight is 209 g/mol. The minimum Gasteiger partial charge on any atom is -0.327 e. The monoisotopic (exact) mass is 209 g/mol. The number of Topliss-reactive ketones (excluding diaryl/α,β-unsaturated/α-hetero) is 1. The van der Waals surface area contributed by atoms with Crippen LogP contribution < -0.4 is 5.73 Å². The van der Waals surface area contributed by atoms with E-state index in [0.29, 0.717) is 12.3 Å². The maximum atomic E-state index is 11.7. The van der Waals surface area contributed by atoms with Gasteiger partial charge in [0.25, 0.3) is 0 Å². The molecule has 1 aromatic rings. The Kier molecular flexibility index (Phi) is 2.70. The zero-order chi connectivity index (χ0) is 10.1. The van der Waals surface area contributed by atoms with Crippen molar-refractivity contribution in [3.63, 3.8) is 0 Å². The first kappa shape index (κ1) is 9.87. The van der Waals surface area contributed by atoms with Gasteiger partial charge in [-0.05, 0) is 37.8 Å². The third kappa shape index (κ3) is 2.22. The number of rotatable bonds is 4. The highest BCUT2D eigenvalue weighted by Gasteiger charge is 2.30. The smallest absolute Gasteiger partial charge is 0.174 e. The molecule has 1 aromatic heterocycles. The molecule has 0 aromatic carbocycles. The molecule has 3 heteroatoms. The highest BCUT2D eigenvalue weighted by Crippen LogP contribution is 2.33. The number of aryl methyl sites for hydroxylation is 1. The number of ketones is 1. The largest absolute Gasteiger partial charge is 0.327 e. The maximum absolute atomic E-state index is 11.7. The Bertz CT molecular complexity index is 341. The van der Waals surface area contributed by atoms with E-state index in [1.807, 2.05) is 19.1 Å². The summed E-state index contributed by atoms with van der Waals surface area (Å²) in [5.74, 6) is 0.822. The number of carbonyl (C=O) groups is 1. The summed E-state index contributed by atoms with van der Waals surface area (Å²) >= 11 is 1.56. The Balaban J connectivity index is 1.94. The van der Waals surface area contributed by atoms with E-state index >= 15 is 0 Å². The van der Waals surface area contributed by atoms with Crippen molar-refractivity contribution in [2.45, 2.75) is 32.2 Å². The average Bonchev–Trinajstić information content (AvgIpc) is 2.89. The van der Waals surface area contributed by atoms with E-state index < -0.39 is 0 Å². The molecule has 1 atom stereocenters. The van der Waals surface area contributed by atoms with E-state index in [9.17, 15) is 4.79 Å². The summed E-state index contributed by atoms with van der Waals surface area (Å²) in [5.41, 5.74) is 5.91. The van der Waals surface area contributed by atoms with Gasteiger partial charge in [-0.3, -0.25) is 4.79 Å². The summed E-state index contributed by atoms with van der Waals surface area (Å²) in [5, 5.41) is 0. The number of thiophene rings is 1. The van der Waals surface area contributed by atoms with Crippen LogP contribution in [0.2, 0.25) is 0 Å². The molecule has 76 valence electrons. The minimum absolute atomic E-state index is 0.0879. The van der Waals surface area contributed by atoms with Gasteiger partial charge in [-0.2, -0.15) is 0 Å². The Hall–Kier alpha value is -0.670. The van der Waals surface area contributed by atoms with Crippen LogP contribution in [-0.4, -0.2) is 11.8 Å². The predicted molar refractivity (Wildman–Crippen MR) is 58.7 cm³/mol. The third-order valence-corrected chi connectivity index (χ3v) is 3.71. The first-order valence-corrected chi connectivity index (χ1v) is 5.83. The van der Waals surface area contributed by atoms with Gasteiger partial charge in [0.15, 0.2) is 5.78 Å². The van der Waals surface area contributed by atoms with Gasteiger partial charge in [0.2, 0.25) is 0 Å².